The van der Waals surface area contributed by atoms with Crippen LogP contribution in [0.5, 0.6) is 0 Å². The van der Waals surface area contributed by atoms with Gasteiger partial charge in [0, 0.05) is 6.42 Å². The fraction of sp³-hybridized carbons (Fsp3) is 0.333. The van der Waals surface area contributed by atoms with Gasteiger partial charge in [0.2, 0.25) is 0 Å². The number of nitrogens with zero attached hydrogens (tertiary/aromatic N) is 1. The first-order valence-electron chi connectivity index (χ1n) is 3.89. The van der Waals surface area contributed by atoms with Gasteiger partial charge in [0.1, 0.15) is 10.8 Å². The van der Waals surface area contributed by atoms with Gasteiger partial charge in [-0.3, -0.25) is 4.79 Å². The average molecular weight is 184 g/mol. The average Bonchev–Trinajstić information content (AvgIpc) is 2.05. The maximum atomic E-state index is 11.3. The molecule has 0 radical (unpaired) electrons. The summed E-state index contributed by atoms with van der Waals surface area (Å²) >= 11 is 5.63. The highest BCUT2D eigenvalue weighted by atomic mass is 35.5. The lowest BCUT2D eigenvalue weighted by atomic mass is 10.2. The number of hydrogen-bond acceptors (Lipinski definition) is 2. The van der Waals surface area contributed by atoms with E-state index in [4.69, 9.17) is 11.6 Å². The molecule has 0 fully saturated rings. The minimum Gasteiger partial charge on any atom is -0.292 e. The zero-order chi connectivity index (χ0) is 8.97. The molecule has 0 aliphatic rings. The number of ketones is 1. The highest BCUT2D eigenvalue weighted by Crippen LogP contribution is 2.07. The van der Waals surface area contributed by atoms with E-state index in [1.165, 1.54) is 0 Å². The second-order valence-electron chi connectivity index (χ2n) is 2.52. The van der Waals surface area contributed by atoms with Crippen LogP contribution >= 0.6 is 11.6 Å². The van der Waals surface area contributed by atoms with Gasteiger partial charge in [-0.2, -0.15) is 0 Å². The molecule has 1 heterocycles. The molecular formula is C9H10ClNO. The Bertz CT molecular complexity index is 286. The molecule has 1 aromatic heterocycles. The minimum atomic E-state index is 0.0556. The quantitative estimate of drug-likeness (QED) is 0.533. The standard InChI is InChI=1S/C9H10ClNO/c1-2-4-8(12)7-5-3-6-9(10)11-7/h3,5-6H,2,4H2,1H3. The Labute approximate surface area is 76.6 Å². The van der Waals surface area contributed by atoms with Gasteiger partial charge < -0.3 is 0 Å². The molecule has 0 unspecified atom stereocenters. The Morgan fingerprint density at radius 2 is 2.33 bits per heavy atom. The molecule has 64 valence electrons. The van der Waals surface area contributed by atoms with Crippen LogP contribution in [0.25, 0.3) is 0 Å². The van der Waals surface area contributed by atoms with E-state index in [-0.39, 0.29) is 5.78 Å². The van der Waals surface area contributed by atoms with Crippen molar-refractivity contribution in [3.05, 3.63) is 29.0 Å². The summed E-state index contributed by atoms with van der Waals surface area (Å²) in [6.07, 6.45) is 1.38. The molecule has 0 aromatic carbocycles. The topological polar surface area (TPSA) is 30.0 Å². The van der Waals surface area contributed by atoms with E-state index in [1.807, 2.05) is 6.92 Å². The van der Waals surface area contributed by atoms with Crippen molar-refractivity contribution in [2.75, 3.05) is 0 Å². The number of halogens is 1. The molecule has 0 aliphatic heterocycles. The number of pyridine rings is 1. The maximum absolute atomic E-state index is 11.3. The normalized spacial score (nSPS) is 9.83. The van der Waals surface area contributed by atoms with Gasteiger partial charge >= 0.3 is 0 Å². The summed E-state index contributed by atoms with van der Waals surface area (Å²) in [5.41, 5.74) is 0.462. The third-order valence-corrected chi connectivity index (χ3v) is 1.69. The molecule has 0 amide bonds. The van der Waals surface area contributed by atoms with E-state index in [2.05, 4.69) is 4.98 Å². The molecule has 0 saturated heterocycles. The number of aromatic nitrogens is 1. The van der Waals surface area contributed by atoms with Crippen LogP contribution in [0, 0.1) is 0 Å². The van der Waals surface area contributed by atoms with Crippen LogP contribution in [-0.4, -0.2) is 10.8 Å². The van der Waals surface area contributed by atoms with Crippen LogP contribution in [0.1, 0.15) is 30.3 Å². The fourth-order valence-corrected chi connectivity index (χ4v) is 1.08. The molecule has 3 heteroatoms. The minimum absolute atomic E-state index is 0.0556. The molecule has 1 aromatic rings. The van der Waals surface area contributed by atoms with Crippen LogP contribution in [0.2, 0.25) is 5.15 Å². The molecule has 0 bridgehead atoms. The fourth-order valence-electron chi connectivity index (χ4n) is 0.919. The Balaban J connectivity index is 2.81. The predicted molar refractivity (Wildman–Crippen MR) is 48.5 cm³/mol. The van der Waals surface area contributed by atoms with Crippen LogP contribution in [0.4, 0.5) is 0 Å². The lowest BCUT2D eigenvalue weighted by molar-refractivity contribution is 0.0977. The molecule has 0 saturated carbocycles. The summed E-state index contributed by atoms with van der Waals surface area (Å²) < 4.78 is 0. The summed E-state index contributed by atoms with van der Waals surface area (Å²) in [5.74, 6) is 0.0556. The first-order valence-corrected chi connectivity index (χ1v) is 4.27. The Morgan fingerprint density at radius 3 is 2.92 bits per heavy atom. The zero-order valence-electron chi connectivity index (χ0n) is 6.88. The molecule has 0 spiro atoms. The monoisotopic (exact) mass is 183 g/mol. The van der Waals surface area contributed by atoms with Crippen LogP contribution in [0.15, 0.2) is 18.2 Å². The lowest BCUT2D eigenvalue weighted by Gasteiger charge is -1.97. The van der Waals surface area contributed by atoms with Crippen molar-refractivity contribution >= 4 is 17.4 Å². The highest BCUT2D eigenvalue weighted by molar-refractivity contribution is 6.29. The van der Waals surface area contributed by atoms with E-state index >= 15 is 0 Å². The Hall–Kier alpha value is -0.890. The number of rotatable bonds is 3. The molecular weight excluding hydrogens is 174 g/mol. The zero-order valence-corrected chi connectivity index (χ0v) is 7.64. The van der Waals surface area contributed by atoms with E-state index in [0.29, 0.717) is 17.3 Å². The molecule has 0 aliphatic carbocycles. The van der Waals surface area contributed by atoms with E-state index in [0.717, 1.165) is 6.42 Å². The van der Waals surface area contributed by atoms with Crippen molar-refractivity contribution in [3.63, 3.8) is 0 Å². The Kier molecular flexibility index (Phi) is 3.23. The summed E-state index contributed by atoms with van der Waals surface area (Å²) in [6.45, 7) is 1.96. The van der Waals surface area contributed by atoms with Crippen LogP contribution in [0.3, 0.4) is 0 Å². The maximum Gasteiger partial charge on any atom is 0.181 e. The predicted octanol–water partition coefficient (Wildman–Crippen LogP) is 2.72. The Morgan fingerprint density at radius 1 is 1.58 bits per heavy atom. The van der Waals surface area contributed by atoms with Crippen molar-refractivity contribution < 1.29 is 4.79 Å². The van der Waals surface area contributed by atoms with Gasteiger partial charge in [-0.1, -0.05) is 24.6 Å². The third-order valence-electron chi connectivity index (χ3n) is 1.48. The molecule has 12 heavy (non-hydrogen) atoms. The van der Waals surface area contributed by atoms with Gasteiger partial charge in [0.15, 0.2) is 5.78 Å². The summed E-state index contributed by atoms with van der Waals surface area (Å²) in [4.78, 5) is 15.2. The highest BCUT2D eigenvalue weighted by Gasteiger charge is 2.05. The van der Waals surface area contributed by atoms with E-state index < -0.39 is 0 Å². The van der Waals surface area contributed by atoms with Gasteiger partial charge in [0.05, 0.1) is 0 Å². The van der Waals surface area contributed by atoms with Crippen LogP contribution in [-0.2, 0) is 0 Å². The SMILES string of the molecule is CCCC(=O)c1cccc(Cl)n1. The van der Waals surface area contributed by atoms with Crippen LogP contribution < -0.4 is 0 Å². The number of carbonyl (C=O) groups is 1. The molecule has 2 nitrogen and oxygen atoms in total. The van der Waals surface area contributed by atoms with Crippen molar-refractivity contribution in [2.45, 2.75) is 19.8 Å². The third kappa shape index (κ3) is 2.31. The van der Waals surface area contributed by atoms with Crippen molar-refractivity contribution in [1.82, 2.24) is 4.98 Å². The van der Waals surface area contributed by atoms with E-state index in [1.54, 1.807) is 18.2 Å². The second kappa shape index (κ2) is 4.21. The van der Waals surface area contributed by atoms with Crippen molar-refractivity contribution in [3.8, 4) is 0 Å². The first kappa shape index (κ1) is 9.20. The molecule has 0 atom stereocenters. The number of hydrogen-bond donors (Lipinski definition) is 0. The summed E-state index contributed by atoms with van der Waals surface area (Å²) in [7, 11) is 0. The van der Waals surface area contributed by atoms with Gasteiger partial charge in [-0.25, -0.2) is 4.98 Å². The van der Waals surface area contributed by atoms with Gasteiger partial charge in [-0.15, -0.1) is 0 Å². The second-order valence-corrected chi connectivity index (χ2v) is 2.91. The van der Waals surface area contributed by atoms with E-state index in [9.17, 15) is 4.79 Å². The number of carbonyl (C=O) groups excluding carboxylic acids is 1. The van der Waals surface area contributed by atoms with Gasteiger partial charge in [0.25, 0.3) is 0 Å². The summed E-state index contributed by atoms with van der Waals surface area (Å²) in [5, 5.41) is 0.372. The first-order chi connectivity index (χ1) is 5.74. The largest absolute Gasteiger partial charge is 0.292 e. The van der Waals surface area contributed by atoms with Crippen molar-refractivity contribution in [2.24, 2.45) is 0 Å². The lowest BCUT2D eigenvalue weighted by Crippen LogP contribution is -2.00. The number of Topliss-reactive ketones (excluding diaryl/α,β-unsaturated/α-hetero) is 1. The smallest absolute Gasteiger partial charge is 0.181 e. The van der Waals surface area contributed by atoms with Crippen molar-refractivity contribution in [1.29, 1.82) is 0 Å². The van der Waals surface area contributed by atoms with Gasteiger partial charge in [-0.05, 0) is 18.6 Å². The summed E-state index contributed by atoms with van der Waals surface area (Å²) in [6, 6.07) is 5.08. The molecule has 1 rings (SSSR count). The molecule has 0 N–H and O–H groups in total.